The van der Waals surface area contributed by atoms with Gasteiger partial charge in [-0.25, -0.2) is 4.68 Å². The van der Waals surface area contributed by atoms with Gasteiger partial charge in [0.2, 0.25) is 0 Å². The van der Waals surface area contributed by atoms with Gasteiger partial charge in [-0.3, -0.25) is 4.79 Å². The Hall–Kier alpha value is -2.58. The summed E-state index contributed by atoms with van der Waals surface area (Å²) in [7, 11) is 0. The third-order valence-corrected chi connectivity index (χ3v) is 2.88. The lowest BCUT2D eigenvalue weighted by atomic mass is 10.1. The van der Waals surface area contributed by atoms with Crippen LogP contribution >= 0.6 is 0 Å². The molecule has 0 aliphatic carbocycles. The highest BCUT2D eigenvalue weighted by atomic mass is 16.1. The molecule has 0 bridgehead atoms. The molecular weight excluding hydrogens is 264 g/mol. The average Bonchev–Trinajstić information content (AvgIpc) is 2.94. The van der Waals surface area contributed by atoms with Crippen LogP contribution in [0, 0.1) is 11.8 Å². The van der Waals surface area contributed by atoms with Gasteiger partial charge in [0.25, 0.3) is 5.91 Å². The first-order valence-corrected chi connectivity index (χ1v) is 6.75. The Labute approximate surface area is 124 Å². The quantitative estimate of drug-likeness (QED) is 0.846. The summed E-state index contributed by atoms with van der Waals surface area (Å²) in [5, 5.41) is 7.04. The number of amides is 1. The highest BCUT2D eigenvalue weighted by Gasteiger charge is 2.10. The molecule has 5 heteroatoms. The number of nitrogens with two attached hydrogens (primary N) is 1. The van der Waals surface area contributed by atoms with E-state index in [-0.39, 0.29) is 11.9 Å². The van der Waals surface area contributed by atoms with Crippen LogP contribution in [-0.4, -0.2) is 22.2 Å². The number of carbonyl (C=O) groups is 1. The molecule has 0 aliphatic heterocycles. The van der Waals surface area contributed by atoms with Crippen LogP contribution in [0.1, 0.15) is 35.8 Å². The van der Waals surface area contributed by atoms with E-state index in [1.807, 2.05) is 13.8 Å². The molecule has 1 aromatic carbocycles. The first-order chi connectivity index (χ1) is 10.1. The molecular formula is C16H18N4O. The highest BCUT2D eigenvalue weighted by molar-refractivity contribution is 6.03. The van der Waals surface area contributed by atoms with Gasteiger partial charge >= 0.3 is 0 Å². The zero-order valence-corrected chi connectivity index (χ0v) is 12.1. The summed E-state index contributed by atoms with van der Waals surface area (Å²) < 4.78 is 1.76. The Morgan fingerprint density at radius 2 is 2.05 bits per heavy atom. The topological polar surface area (TPSA) is 72.9 Å². The molecule has 0 atom stereocenters. The standard InChI is InChI=1S/C16H18N4O/c1-12(2)20-15(9-11-18-20)19-16(21)14-7-5-13(6-8-14)4-3-10-17/h5-9,11-12H,10,17H2,1-2H3,(H,19,21). The van der Waals surface area contributed by atoms with Crippen molar-refractivity contribution in [3.05, 3.63) is 47.7 Å². The molecule has 0 fully saturated rings. The zero-order chi connectivity index (χ0) is 15.2. The van der Waals surface area contributed by atoms with Gasteiger partial charge in [-0.05, 0) is 38.1 Å². The second kappa shape index (κ2) is 6.73. The van der Waals surface area contributed by atoms with Crippen LogP contribution in [-0.2, 0) is 0 Å². The molecule has 0 unspecified atom stereocenters. The van der Waals surface area contributed by atoms with E-state index in [0.717, 1.165) is 5.56 Å². The van der Waals surface area contributed by atoms with Gasteiger partial charge < -0.3 is 11.1 Å². The molecule has 1 heterocycles. The van der Waals surface area contributed by atoms with Crippen LogP contribution in [0.25, 0.3) is 0 Å². The van der Waals surface area contributed by atoms with E-state index in [2.05, 4.69) is 22.3 Å². The van der Waals surface area contributed by atoms with Gasteiger partial charge in [-0.15, -0.1) is 0 Å². The second-order valence-corrected chi connectivity index (χ2v) is 4.79. The van der Waals surface area contributed by atoms with E-state index in [1.165, 1.54) is 0 Å². The molecule has 3 N–H and O–H groups in total. The smallest absolute Gasteiger partial charge is 0.256 e. The van der Waals surface area contributed by atoms with Gasteiger partial charge in [0.15, 0.2) is 0 Å². The lowest BCUT2D eigenvalue weighted by Crippen LogP contribution is -2.16. The van der Waals surface area contributed by atoms with E-state index in [1.54, 1.807) is 41.2 Å². The van der Waals surface area contributed by atoms with Crippen molar-refractivity contribution in [3.63, 3.8) is 0 Å². The summed E-state index contributed by atoms with van der Waals surface area (Å²) in [6.07, 6.45) is 1.67. The molecule has 0 saturated carbocycles. The fraction of sp³-hybridized carbons (Fsp3) is 0.250. The summed E-state index contributed by atoms with van der Waals surface area (Å²) in [6, 6.07) is 9.05. The lowest BCUT2D eigenvalue weighted by Gasteiger charge is -2.11. The molecule has 1 aromatic heterocycles. The molecule has 2 aromatic rings. The summed E-state index contributed by atoms with van der Waals surface area (Å²) in [6.45, 7) is 4.34. The number of hydrogen-bond acceptors (Lipinski definition) is 3. The first kappa shape index (κ1) is 14.8. The molecule has 5 nitrogen and oxygen atoms in total. The van der Waals surface area contributed by atoms with Crippen LogP contribution in [0.2, 0.25) is 0 Å². The lowest BCUT2D eigenvalue weighted by molar-refractivity contribution is 0.102. The van der Waals surface area contributed by atoms with E-state index in [4.69, 9.17) is 5.73 Å². The van der Waals surface area contributed by atoms with Gasteiger partial charge in [-0.1, -0.05) is 11.8 Å². The molecule has 0 spiro atoms. The van der Waals surface area contributed by atoms with Crippen molar-refractivity contribution < 1.29 is 4.79 Å². The SMILES string of the molecule is CC(C)n1nccc1NC(=O)c1ccc(C#CCN)cc1. The van der Waals surface area contributed by atoms with Crippen molar-refractivity contribution in [2.75, 3.05) is 11.9 Å². The first-order valence-electron chi connectivity index (χ1n) is 6.75. The monoisotopic (exact) mass is 282 g/mol. The van der Waals surface area contributed by atoms with Crippen LogP contribution in [0.3, 0.4) is 0 Å². The van der Waals surface area contributed by atoms with Crippen molar-refractivity contribution in [3.8, 4) is 11.8 Å². The molecule has 0 saturated heterocycles. The van der Waals surface area contributed by atoms with Crippen LogP contribution in [0.15, 0.2) is 36.5 Å². The van der Waals surface area contributed by atoms with Gasteiger partial charge in [0, 0.05) is 23.2 Å². The third-order valence-electron chi connectivity index (χ3n) is 2.88. The Morgan fingerprint density at radius 1 is 1.33 bits per heavy atom. The summed E-state index contributed by atoms with van der Waals surface area (Å²) in [5.41, 5.74) is 6.73. The number of anilines is 1. The summed E-state index contributed by atoms with van der Waals surface area (Å²) in [4.78, 5) is 12.2. The predicted molar refractivity (Wildman–Crippen MR) is 82.9 cm³/mol. The molecule has 21 heavy (non-hydrogen) atoms. The molecule has 2 rings (SSSR count). The highest BCUT2D eigenvalue weighted by Crippen LogP contribution is 2.14. The minimum absolute atomic E-state index is 0.171. The number of nitrogens with zero attached hydrogens (tertiary/aromatic N) is 2. The van der Waals surface area contributed by atoms with Crippen molar-refractivity contribution in [2.24, 2.45) is 5.73 Å². The molecule has 0 aliphatic rings. The number of aromatic nitrogens is 2. The number of hydrogen-bond donors (Lipinski definition) is 2. The maximum Gasteiger partial charge on any atom is 0.256 e. The molecule has 108 valence electrons. The van der Waals surface area contributed by atoms with Crippen LogP contribution in [0.4, 0.5) is 5.82 Å². The maximum atomic E-state index is 12.2. The van der Waals surface area contributed by atoms with Crippen molar-refractivity contribution in [1.82, 2.24) is 9.78 Å². The third kappa shape index (κ3) is 3.71. The van der Waals surface area contributed by atoms with Crippen molar-refractivity contribution in [2.45, 2.75) is 19.9 Å². The normalized spacial score (nSPS) is 10.1. The van der Waals surface area contributed by atoms with Gasteiger partial charge in [0.1, 0.15) is 5.82 Å². The van der Waals surface area contributed by atoms with E-state index < -0.39 is 0 Å². The zero-order valence-electron chi connectivity index (χ0n) is 12.1. The predicted octanol–water partition coefficient (Wildman–Crippen LogP) is 2.03. The van der Waals surface area contributed by atoms with Gasteiger partial charge in [0.05, 0.1) is 12.7 Å². The van der Waals surface area contributed by atoms with Crippen molar-refractivity contribution in [1.29, 1.82) is 0 Å². The molecule has 0 radical (unpaired) electrons. The van der Waals surface area contributed by atoms with E-state index in [9.17, 15) is 4.79 Å². The Kier molecular flexibility index (Phi) is 4.75. The maximum absolute atomic E-state index is 12.2. The minimum Gasteiger partial charge on any atom is -0.320 e. The number of carbonyl (C=O) groups excluding carboxylic acids is 1. The van der Waals surface area contributed by atoms with E-state index >= 15 is 0 Å². The Balaban J connectivity index is 2.11. The second-order valence-electron chi connectivity index (χ2n) is 4.79. The number of benzene rings is 1. The summed E-state index contributed by atoms with van der Waals surface area (Å²) in [5.74, 6) is 6.21. The summed E-state index contributed by atoms with van der Waals surface area (Å²) >= 11 is 0. The Bertz CT molecular complexity index is 674. The Morgan fingerprint density at radius 3 is 2.67 bits per heavy atom. The largest absolute Gasteiger partial charge is 0.320 e. The minimum atomic E-state index is -0.171. The fourth-order valence-electron chi connectivity index (χ4n) is 1.87. The van der Waals surface area contributed by atoms with Crippen molar-refractivity contribution >= 4 is 11.7 Å². The fourth-order valence-corrected chi connectivity index (χ4v) is 1.87. The van der Waals surface area contributed by atoms with Gasteiger partial charge in [-0.2, -0.15) is 5.10 Å². The molecule has 1 amide bonds. The van der Waals surface area contributed by atoms with E-state index in [0.29, 0.717) is 17.9 Å². The number of nitrogens with one attached hydrogen (secondary N) is 1. The number of rotatable bonds is 3. The van der Waals surface area contributed by atoms with Crippen LogP contribution in [0.5, 0.6) is 0 Å². The van der Waals surface area contributed by atoms with Crippen LogP contribution < -0.4 is 11.1 Å². The average molecular weight is 282 g/mol.